The number of ether oxygens (including phenoxy) is 1. The van der Waals surface area contributed by atoms with Crippen molar-refractivity contribution >= 4 is 5.97 Å². The Bertz CT molecular complexity index is 361. The third-order valence-electron chi connectivity index (χ3n) is 3.31. The van der Waals surface area contributed by atoms with Gasteiger partial charge in [0.2, 0.25) is 0 Å². The predicted molar refractivity (Wildman–Crippen MR) is 63.3 cm³/mol. The van der Waals surface area contributed by atoms with Gasteiger partial charge in [0.05, 0.1) is 12.5 Å². The number of carbonyl (C=O) groups is 1. The minimum atomic E-state index is -0.0224. The summed E-state index contributed by atoms with van der Waals surface area (Å²) in [5.74, 6) is 0.659. The second-order valence-electron chi connectivity index (χ2n) is 4.53. The third kappa shape index (κ3) is 2.26. The topological polar surface area (TPSA) is 26.3 Å². The van der Waals surface area contributed by atoms with Crippen LogP contribution in [-0.2, 0) is 9.53 Å². The third-order valence-corrected chi connectivity index (χ3v) is 3.31. The molecule has 0 aromatic heterocycles. The van der Waals surface area contributed by atoms with Gasteiger partial charge in [0.15, 0.2) is 0 Å². The molecule has 1 aliphatic rings. The average Bonchev–Trinajstić information content (AvgIpc) is 2.19. The molecule has 0 heterocycles. The fraction of sp³-hybridized carbons (Fsp3) is 0.500. The standard InChI is InChI=1S/C14H18O2/c1-3-16-14(15)13-8-12(9-13)11-6-4-10(2)5-7-11/h4-7,12-13H,3,8-9H2,1-2H3. The van der Waals surface area contributed by atoms with E-state index in [1.165, 1.54) is 11.1 Å². The fourth-order valence-electron chi connectivity index (χ4n) is 2.18. The summed E-state index contributed by atoms with van der Waals surface area (Å²) in [5, 5.41) is 0. The molecule has 0 amide bonds. The lowest BCUT2D eigenvalue weighted by molar-refractivity contribution is -0.151. The lowest BCUT2D eigenvalue weighted by Crippen LogP contribution is -2.30. The van der Waals surface area contributed by atoms with Gasteiger partial charge in [0.25, 0.3) is 0 Å². The van der Waals surface area contributed by atoms with Crippen molar-refractivity contribution in [1.29, 1.82) is 0 Å². The summed E-state index contributed by atoms with van der Waals surface area (Å²) in [5.41, 5.74) is 2.64. The molecule has 0 N–H and O–H groups in total. The first kappa shape index (κ1) is 11.2. The Morgan fingerprint density at radius 3 is 2.50 bits per heavy atom. The Morgan fingerprint density at radius 2 is 1.94 bits per heavy atom. The van der Waals surface area contributed by atoms with Gasteiger partial charge < -0.3 is 4.74 Å². The van der Waals surface area contributed by atoms with Crippen molar-refractivity contribution in [2.24, 2.45) is 5.92 Å². The highest BCUT2D eigenvalue weighted by molar-refractivity contribution is 5.73. The molecule has 1 aliphatic carbocycles. The number of aryl methyl sites for hydroxylation is 1. The molecule has 2 nitrogen and oxygen atoms in total. The second kappa shape index (κ2) is 4.69. The normalized spacial score (nSPS) is 23.6. The van der Waals surface area contributed by atoms with E-state index in [4.69, 9.17) is 4.74 Å². The van der Waals surface area contributed by atoms with Crippen LogP contribution in [0.5, 0.6) is 0 Å². The molecule has 0 saturated heterocycles. The van der Waals surface area contributed by atoms with Crippen molar-refractivity contribution in [2.45, 2.75) is 32.6 Å². The van der Waals surface area contributed by atoms with Crippen molar-refractivity contribution in [1.82, 2.24) is 0 Å². The molecule has 16 heavy (non-hydrogen) atoms. The van der Waals surface area contributed by atoms with Crippen molar-refractivity contribution in [3.63, 3.8) is 0 Å². The molecular weight excluding hydrogens is 200 g/mol. The van der Waals surface area contributed by atoms with Crippen LogP contribution in [0.2, 0.25) is 0 Å². The zero-order valence-corrected chi connectivity index (χ0v) is 9.90. The molecule has 0 radical (unpaired) electrons. The van der Waals surface area contributed by atoms with Crippen LogP contribution in [-0.4, -0.2) is 12.6 Å². The van der Waals surface area contributed by atoms with Crippen LogP contribution in [0, 0.1) is 12.8 Å². The van der Waals surface area contributed by atoms with Crippen LogP contribution in [0.25, 0.3) is 0 Å². The Hall–Kier alpha value is -1.31. The van der Waals surface area contributed by atoms with E-state index in [-0.39, 0.29) is 11.9 Å². The van der Waals surface area contributed by atoms with E-state index in [2.05, 4.69) is 31.2 Å². The van der Waals surface area contributed by atoms with E-state index in [1.54, 1.807) is 0 Å². The van der Waals surface area contributed by atoms with Crippen LogP contribution in [0.4, 0.5) is 0 Å². The molecule has 2 heteroatoms. The molecular formula is C14H18O2. The smallest absolute Gasteiger partial charge is 0.308 e. The molecule has 86 valence electrons. The molecule has 0 unspecified atom stereocenters. The molecule has 1 saturated carbocycles. The van der Waals surface area contributed by atoms with Gasteiger partial charge in [0, 0.05) is 0 Å². The highest BCUT2D eigenvalue weighted by Gasteiger charge is 2.36. The molecule has 0 spiro atoms. The lowest BCUT2D eigenvalue weighted by atomic mass is 9.71. The predicted octanol–water partition coefficient (Wildman–Crippen LogP) is 3.05. The molecule has 2 rings (SSSR count). The Balaban J connectivity index is 1.88. The number of hydrogen-bond donors (Lipinski definition) is 0. The monoisotopic (exact) mass is 218 g/mol. The highest BCUT2D eigenvalue weighted by atomic mass is 16.5. The summed E-state index contributed by atoms with van der Waals surface area (Å²) >= 11 is 0. The number of benzene rings is 1. The van der Waals surface area contributed by atoms with E-state index in [9.17, 15) is 4.79 Å². The van der Waals surface area contributed by atoms with Crippen molar-refractivity contribution < 1.29 is 9.53 Å². The van der Waals surface area contributed by atoms with Crippen molar-refractivity contribution in [3.05, 3.63) is 35.4 Å². The summed E-state index contributed by atoms with van der Waals surface area (Å²) in [6, 6.07) is 8.60. The summed E-state index contributed by atoms with van der Waals surface area (Å²) in [7, 11) is 0. The Labute approximate surface area is 96.6 Å². The van der Waals surface area contributed by atoms with Crippen LogP contribution >= 0.6 is 0 Å². The number of rotatable bonds is 3. The minimum absolute atomic E-state index is 0.0224. The highest BCUT2D eigenvalue weighted by Crippen LogP contribution is 2.42. The van der Waals surface area contributed by atoms with Gasteiger partial charge in [-0.3, -0.25) is 4.79 Å². The number of esters is 1. The van der Waals surface area contributed by atoms with Gasteiger partial charge in [-0.05, 0) is 38.2 Å². The first-order valence-corrected chi connectivity index (χ1v) is 5.94. The quantitative estimate of drug-likeness (QED) is 0.729. The first-order valence-electron chi connectivity index (χ1n) is 5.94. The molecule has 0 aliphatic heterocycles. The van der Waals surface area contributed by atoms with Gasteiger partial charge in [-0.1, -0.05) is 29.8 Å². The van der Waals surface area contributed by atoms with Crippen LogP contribution < -0.4 is 0 Å². The van der Waals surface area contributed by atoms with Gasteiger partial charge >= 0.3 is 5.97 Å². The van der Waals surface area contributed by atoms with E-state index < -0.39 is 0 Å². The van der Waals surface area contributed by atoms with E-state index in [0.717, 1.165) is 12.8 Å². The van der Waals surface area contributed by atoms with E-state index >= 15 is 0 Å². The van der Waals surface area contributed by atoms with Crippen molar-refractivity contribution in [3.8, 4) is 0 Å². The number of carbonyl (C=O) groups excluding carboxylic acids is 1. The zero-order chi connectivity index (χ0) is 11.5. The lowest BCUT2D eigenvalue weighted by Gasteiger charge is -2.33. The Kier molecular flexibility index (Phi) is 3.28. The zero-order valence-electron chi connectivity index (χ0n) is 9.90. The summed E-state index contributed by atoms with van der Waals surface area (Å²) in [6.07, 6.45) is 1.89. The Morgan fingerprint density at radius 1 is 1.31 bits per heavy atom. The maximum Gasteiger partial charge on any atom is 0.308 e. The van der Waals surface area contributed by atoms with Crippen molar-refractivity contribution in [2.75, 3.05) is 6.61 Å². The van der Waals surface area contributed by atoms with Crippen LogP contribution in [0.15, 0.2) is 24.3 Å². The van der Waals surface area contributed by atoms with E-state index in [0.29, 0.717) is 12.5 Å². The van der Waals surface area contributed by atoms with Gasteiger partial charge in [-0.2, -0.15) is 0 Å². The van der Waals surface area contributed by atoms with E-state index in [1.807, 2.05) is 6.92 Å². The SMILES string of the molecule is CCOC(=O)C1CC(c2ccc(C)cc2)C1. The molecule has 1 aromatic rings. The average molecular weight is 218 g/mol. The van der Waals surface area contributed by atoms with Gasteiger partial charge in [-0.15, -0.1) is 0 Å². The van der Waals surface area contributed by atoms with Crippen LogP contribution in [0.3, 0.4) is 0 Å². The number of hydrogen-bond acceptors (Lipinski definition) is 2. The summed E-state index contributed by atoms with van der Waals surface area (Å²) < 4.78 is 5.01. The first-order chi connectivity index (χ1) is 7.70. The van der Waals surface area contributed by atoms with Gasteiger partial charge in [-0.25, -0.2) is 0 Å². The molecule has 0 bridgehead atoms. The molecule has 0 atom stereocenters. The van der Waals surface area contributed by atoms with Crippen LogP contribution in [0.1, 0.15) is 36.8 Å². The second-order valence-corrected chi connectivity index (χ2v) is 4.53. The minimum Gasteiger partial charge on any atom is -0.466 e. The molecule has 1 fully saturated rings. The van der Waals surface area contributed by atoms with Gasteiger partial charge in [0.1, 0.15) is 0 Å². The molecule has 1 aromatic carbocycles. The maximum atomic E-state index is 11.4. The summed E-state index contributed by atoms with van der Waals surface area (Å²) in [4.78, 5) is 11.4. The largest absolute Gasteiger partial charge is 0.466 e. The fourth-order valence-corrected chi connectivity index (χ4v) is 2.18. The maximum absolute atomic E-state index is 11.4. The summed E-state index contributed by atoms with van der Waals surface area (Å²) in [6.45, 7) is 4.44.